The zero-order valence-corrected chi connectivity index (χ0v) is 9.45. The van der Waals surface area contributed by atoms with E-state index in [1.54, 1.807) is 0 Å². The highest BCUT2D eigenvalue weighted by Crippen LogP contribution is 2.15. The number of hydrogen-bond acceptors (Lipinski definition) is 3. The zero-order chi connectivity index (χ0) is 10.9. The number of unbranched alkanes of at least 4 members (excludes halogenated alkanes) is 1. The van der Waals surface area contributed by atoms with Crippen molar-refractivity contribution in [3.8, 4) is 5.75 Å². The first-order valence-corrected chi connectivity index (χ1v) is 5.47. The van der Waals surface area contributed by atoms with E-state index < -0.39 is 0 Å². The van der Waals surface area contributed by atoms with Crippen LogP contribution in [0.25, 0.3) is 0 Å². The Hall–Kier alpha value is -1.22. The largest absolute Gasteiger partial charge is 0.494 e. The molecule has 84 valence electrons. The van der Waals surface area contributed by atoms with Gasteiger partial charge in [-0.3, -0.25) is 10.3 Å². The van der Waals surface area contributed by atoms with Crippen molar-refractivity contribution in [2.24, 2.45) is 0 Å². The van der Waals surface area contributed by atoms with Crippen molar-refractivity contribution in [3.05, 3.63) is 24.3 Å². The number of hydrogen-bond donors (Lipinski definition) is 1. The Labute approximate surface area is 91.4 Å². The van der Waals surface area contributed by atoms with Gasteiger partial charge in [0, 0.05) is 0 Å². The van der Waals surface area contributed by atoms with Crippen LogP contribution in [-0.4, -0.2) is 13.2 Å². The van der Waals surface area contributed by atoms with Gasteiger partial charge in [0.2, 0.25) is 0 Å². The minimum absolute atomic E-state index is 0.648. The smallest absolute Gasteiger partial charge is 0.119 e. The number of ether oxygens (including phenoxy) is 1. The molecule has 0 fully saturated rings. The maximum Gasteiger partial charge on any atom is 0.119 e. The molecule has 0 unspecified atom stereocenters. The van der Waals surface area contributed by atoms with Gasteiger partial charge in [-0.2, -0.15) is 0 Å². The molecular weight excluding hydrogens is 190 g/mol. The molecule has 0 amide bonds. The molecule has 0 heterocycles. The topological polar surface area (TPSA) is 30.5 Å². The maximum absolute atomic E-state index is 5.54. The summed E-state index contributed by atoms with van der Waals surface area (Å²) in [5, 5.41) is 0. The summed E-state index contributed by atoms with van der Waals surface area (Å²) < 4.78 is 5.54. The van der Waals surface area contributed by atoms with E-state index in [2.05, 4.69) is 12.4 Å². The third-order valence-electron chi connectivity index (χ3n) is 1.96. The van der Waals surface area contributed by atoms with Gasteiger partial charge in [0.1, 0.15) is 5.75 Å². The molecule has 0 aliphatic rings. The van der Waals surface area contributed by atoms with Gasteiger partial charge in [-0.25, -0.2) is 0 Å². The molecule has 0 saturated heterocycles. The molecule has 0 saturated carbocycles. The highest BCUT2D eigenvalue weighted by Gasteiger charge is 1.94. The van der Waals surface area contributed by atoms with Crippen LogP contribution in [0.1, 0.15) is 26.7 Å². The summed E-state index contributed by atoms with van der Waals surface area (Å²) in [5.41, 5.74) is 3.78. The average Bonchev–Trinajstić information content (AvgIpc) is 2.28. The predicted molar refractivity (Wildman–Crippen MR) is 62.1 cm³/mol. The van der Waals surface area contributed by atoms with Crippen LogP contribution in [0.3, 0.4) is 0 Å². The third-order valence-corrected chi connectivity index (χ3v) is 1.96. The Morgan fingerprint density at radius 3 is 2.47 bits per heavy atom. The summed E-state index contributed by atoms with van der Waals surface area (Å²) in [6.07, 6.45) is 2.25. The molecule has 0 aliphatic carbocycles. The van der Waals surface area contributed by atoms with Crippen LogP contribution in [0.4, 0.5) is 5.69 Å². The number of anilines is 1. The van der Waals surface area contributed by atoms with E-state index in [1.165, 1.54) is 0 Å². The molecule has 0 radical (unpaired) electrons. The van der Waals surface area contributed by atoms with Gasteiger partial charge in [0.25, 0.3) is 0 Å². The highest BCUT2D eigenvalue weighted by atomic mass is 16.6. The maximum atomic E-state index is 5.54. The fourth-order valence-corrected chi connectivity index (χ4v) is 1.11. The van der Waals surface area contributed by atoms with Crippen molar-refractivity contribution in [2.45, 2.75) is 26.7 Å². The lowest BCUT2D eigenvalue weighted by atomic mass is 10.3. The van der Waals surface area contributed by atoms with Gasteiger partial charge in [-0.05, 0) is 37.6 Å². The molecule has 3 nitrogen and oxygen atoms in total. The first-order valence-electron chi connectivity index (χ1n) is 5.47. The lowest BCUT2D eigenvalue weighted by Crippen LogP contribution is -2.00. The van der Waals surface area contributed by atoms with Crippen molar-refractivity contribution >= 4 is 5.69 Å². The normalized spacial score (nSPS) is 10.0. The van der Waals surface area contributed by atoms with Gasteiger partial charge in [0.05, 0.1) is 18.9 Å². The first-order chi connectivity index (χ1) is 7.36. The molecular formula is C12H19NO2. The second-order valence-corrected chi connectivity index (χ2v) is 3.26. The summed E-state index contributed by atoms with van der Waals surface area (Å²) >= 11 is 0. The Kier molecular flexibility index (Phi) is 5.63. The van der Waals surface area contributed by atoms with Crippen LogP contribution in [0, 0.1) is 0 Å². The lowest BCUT2D eigenvalue weighted by Gasteiger charge is -2.07. The molecule has 0 aliphatic heterocycles. The Morgan fingerprint density at radius 2 is 1.87 bits per heavy atom. The third kappa shape index (κ3) is 4.70. The van der Waals surface area contributed by atoms with E-state index in [1.807, 2.05) is 31.2 Å². The zero-order valence-electron chi connectivity index (χ0n) is 9.45. The minimum Gasteiger partial charge on any atom is -0.494 e. The SMILES string of the molecule is CCCCOc1ccc(NOCC)cc1. The fourth-order valence-electron chi connectivity index (χ4n) is 1.11. The number of nitrogens with one attached hydrogen (secondary N) is 1. The second kappa shape index (κ2) is 7.12. The van der Waals surface area contributed by atoms with Crippen LogP contribution in [0.15, 0.2) is 24.3 Å². The van der Waals surface area contributed by atoms with Crippen LogP contribution >= 0.6 is 0 Å². The molecule has 1 N–H and O–H groups in total. The molecule has 1 aromatic carbocycles. The predicted octanol–water partition coefficient (Wildman–Crippen LogP) is 3.23. The van der Waals surface area contributed by atoms with Gasteiger partial charge in [-0.15, -0.1) is 0 Å². The van der Waals surface area contributed by atoms with Crippen molar-refractivity contribution in [3.63, 3.8) is 0 Å². The van der Waals surface area contributed by atoms with E-state index in [0.717, 1.165) is 30.9 Å². The van der Waals surface area contributed by atoms with Gasteiger partial charge in [-0.1, -0.05) is 13.3 Å². The van der Waals surface area contributed by atoms with E-state index in [4.69, 9.17) is 9.57 Å². The molecule has 0 spiro atoms. The van der Waals surface area contributed by atoms with Gasteiger partial charge >= 0.3 is 0 Å². The monoisotopic (exact) mass is 209 g/mol. The van der Waals surface area contributed by atoms with Crippen LogP contribution in [-0.2, 0) is 4.84 Å². The van der Waals surface area contributed by atoms with Crippen LogP contribution in [0.5, 0.6) is 5.75 Å². The Balaban J connectivity index is 2.35. The van der Waals surface area contributed by atoms with Crippen molar-refractivity contribution in [1.29, 1.82) is 0 Å². The van der Waals surface area contributed by atoms with E-state index >= 15 is 0 Å². The van der Waals surface area contributed by atoms with Gasteiger partial charge < -0.3 is 4.74 Å². The summed E-state index contributed by atoms with van der Waals surface area (Å²) in [6, 6.07) is 7.77. The Morgan fingerprint density at radius 1 is 1.13 bits per heavy atom. The Bertz CT molecular complexity index is 259. The lowest BCUT2D eigenvalue weighted by molar-refractivity contribution is 0.210. The van der Waals surface area contributed by atoms with Crippen molar-refractivity contribution < 1.29 is 9.57 Å². The fraction of sp³-hybridized carbons (Fsp3) is 0.500. The highest BCUT2D eigenvalue weighted by molar-refractivity contribution is 5.44. The molecule has 3 heteroatoms. The summed E-state index contributed by atoms with van der Waals surface area (Å²) in [6.45, 7) is 5.52. The van der Waals surface area contributed by atoms with Crippen molar-refractivity contribution in [2.75, 3.05) is 18.7 Å². The standard InChI is InChI=1S/C12H19NO2/c1-3-5-10-14-12-8-6-11(7-9-12)13-15-4-2/h6-9,13H,3-5,10H2,1-2H3. The average molecular weight is 209 g/mol. The van der Waals surface area contributed by atoms with Gasteiger partial charge in [0.15, 0.2) is 0 Å². The van der Waals surface area contributed by atoms with Crippen molar-refractivity contribution in [1.82, 2.24) is 0 Å². The van der Waals surface area contributed by atoms with E-state index in [0.29, 0.717) is 6.61 Å². The summed E-state index contributed by atoms with van der Waals surface area (Å²) in [7, 11) is 0. The number of benzene rings is 1. The van der Waals surface area contributed by atoms with E-state index in [9.17, 15) is 0 Å². The molecule has 1 rings (SSSR count). The first kappa shape index (κ1) is 11.9. The van der Waals surface area contributed by atoms with Crippen LogP contribution in [0.2, 0.25) is 0 Å². The molecule has 1 aromatic rings. The molecule has 15 heavy (non-hydrogen) atoms. The number of rotatable bonds is 7. The van der Waals surface area contributed by atoms with Crippen LogP contribution < -0.4 is 10.2 Å². The second-order valence-electron chi connectivity index (χ2n) is 3.26. The molecule has 0 bridgehead atoms. The van der Waals surface area contributed by atoms with E-state index in [-0.39, 0.29) is 0 Å². The minimum atomic E-state index is 0.648. The molecule has 0 atom stereocenters. The quantitative estimate of drug-likeness (QED) is 0.552. The molecule has 0 aromatic heterocycles. The summed E-state index contributed by atoms with van der Waals surface area (Å²) in [5.74, 6) is 0.908. The summed E-state index contributed by atoms with van der Waals surface area (Å²) in [4.78, 5) is 5.07.